The Hall–Kier alpha value is -2.12. The number of hydrogen-bond acceptors (Lipinski definition) is 6. The molecule has 100 valence electrons. The van der Waals surface area contributed by atoms with Gasteiger partial charge in [-0.1, -0.05) is 0 Å². The maximum absolute atomic E-state index is 14.3. The van der Waals surface area contributed by atoms with E-state index in [4.69, 9.17) is 10.6 Å². The van der Waals surface area contributed by atoms with Gasteiger partial charge in [-0.05, 0) is 13.0 Å². The fraction of sp³-hybridized carbons (Fsp3) is 0.250. The lowest BCUT2D eigenvalue weighted by atomic mass is 10.0. The van der Waals surface area contributed by atoms with Gasteiger partial charge in [0.15, 0.2) is 5.82 Å². The van der Waals surface area contributed by atoms with Gasteiger partial charge in [0.2, 0.25) is 0 Å². The summed E-state index contributed by atoms with van der Waals surface area (Å²) in [6, 6.07) is 0.971. The summed E-state index contributed by atoms with van der Waals surface area (Å²) in [7, 11) is 0. The molecule has 6 nitrogen and oxygen atoms in total. The second kappa shape index (κ2) is 6.17. The third-order valence-corrected chi connectivity index (χ3v) is 2.56. The Balaban J connectivity index is 2.42. The summed E-state index contributed by atoms with van der Waals surface area (Å²) < 4.78 is 19.4. The van der Waals surface area contributed by atoms with Crippen LogP contribution in [0.1, 0.15) is 24.1 Å². The molecular formula is C12H14FN5O. The predicted molar refractivity (Wildman–Crippen MR) is 66.6 cm³/mol. The maximum atomic E-state index is 14.3. The lowest BCUT2D eigenvalue weighted by molar-refractivity contribution is 0.305. The first-order valence-electron chi connectivity index (χ1n) is 5.76. The van der Waals surface area contributed by atoms with Gasteiger partial charge >= 0.3 is 0 Å². The predicted octanol–water partition coefficient (Wildman–Crippen LogP) is 0.962. The highest BCUT2D eigenvalue weighted by atomic mass is 19.1. The summed E-state index contributed by atoms with van der Waals surface area (Å²) in [6.45, 7) is 2.10. The van der Waals surface area contributed by atoms with Gasteiger partial charge in [-0.25, -0.2) is 24.8 Å². The van der Waals surface area contributed by atoms with Crippen LogP contribution in [0.2, 0.25) is 0 Å². The van der Waals surface area contributed by atoms with Crippen LogP contribution in [0.25, 0.3) is 0 Å². The largest absolute Gasteiger partial charge is 0.476 e. The molecule has 0 saturated heterocycles. The molecule has 0 aliphatic rings. The number of aromatic nitrogens is 3. The molecule has 0 aliphatic carbocycles. The molecule has 7 heteroatoms. The summed E-state index contributed by atoms with van der Waals surface area (Å²) in [5, 5.41) is 0. The van der Waals surface area contributed by atoms with Crippen LogP contribution >= 0.6 is 0 Å². The van der Waals surface area contributed by atoms with Crippen molar-refractivity contribution >= 4 is 0 Å². The Morgan fingerprint density at radius 3 is 2.79 bits per heavy atom. The van der Waals surface area contributed by atoms with Crippen molar-refractivity contribution in [3.8, 4) is 5.88 Å². The van der Waals surface area contributed by atoms with Gasteiger partial charge < -0.3 is 4.74 Å². The summed E-state index contributed by atoms with van der Waals surface area (Å²) in [5.41, 5.74) is 3.52. The normalized spacial score (nSPS) is 12.2. The van der Waals surface area contributed by atoms with E-state index in [0.29, 0.717) is 17.7 Å². The van der Waals surface area contributed by atoms with Crippen LogP contribution in [0.15, 0.2) is 31.0 Å². The molecule has 1 unspecified atom stereocenters. The number of hydrogen-bond donors (Lipinski definition) is 2. The monoisotopic (exact) mass is 263 g/mol. The van der Waals surface area contributed by atoms with Crippen LogP contribution < -0.4 is 16.0 Å². The fourth-order valence-electron chi connectivity index (χ4n) is 1.72. The number of rotatable bonds is 5. The molecule has 2 rings (SSSR count). The second-order valence-electron chi connectivity index (χ2n) is 3.72. The van der Waals surface area contributed by atoms with Crippen molar-refractivity contribution in [2.45, 2.75) is 13.0 Å². The highest BCUT2D eigenvalue weighted by molar-refractivity contribution is 5.32. The molecular weight excluding hydrogens is 249 g/mol. The van der Waals surface area contributed by atoms with Crippen LogP contribution in [-0.4, -0.2) is 21.6 Å². The smallest absolute Gasteiger partial charge is 0.250 e. The quantitative estimate of drug-likeness (QED) is 0.617. The van der Waals surface area contributed by atoms with Crippen LogP contribution in [0.4, 0.5) is 4.39 Å². The minimum atomic E-state index is -0.566. The van der Waals surface area contributed by atoms with Crippen molar-refractivity contribution in [2.24, 2.45) is 5.84 Å². The average Bonchev–Trinajstić information content (AvgIpc) is 2.45. The van der Waals surface area contributed by atoms with Crippen LogP contribution in [-0.2, 0) is 0 Å². The fourth-order valence-corrected chi connectivity index (χ4v) is 1.72. The summed E-state index contributed by atoms with van der Waals surface area (Å²) in [4.78, 5) is 11.6. The van der Waals surface area contributed by atoms with E-state index in [2.05, 4.69) is 20.4 Å². The molecule has 2 aromatic rings. The first kappa shape index (κ1) is 13.3. The Morgan fingerprint density at radius 2 is 2.16 bits per heavy atom. The van der Waals surface area contributed by atoms with E-state index >= 15 is 0 Å². The zero-order valence-electron chi connectivity index (χ0n) is 10.4. The van der Waals surface area contributed by atoms with Gasteiger partial charge in [-0.2, -0.15) is 0 Å². The van der Waals surface area contributed by atoms with E-state index < -0.39 is 11.9 Å². The van der Waals surface area contributed by atoms with E-state index in [1.165, 1.54) is 18.6 Å². The molecule has 0 saturated carbocycles. The van der Waals surface area contributed by atoms with Crippen LogP contribution in [0, 0.1) is 5.82 Å². The number of halogens is 1. The number of pyridine rings is 1. The highest BCUT2D eigenvalue weighted by Gasteiger charge is 2.20. The third kappa shape index (κ3) is 2.83. The molecule has 2 heterocycles. The molecule has 0 amide bonds. The third-order valence-electron chi connectivity index (χ3n) is 2.56. The van der Waals surface area contributed by atoms with Crippen molar-refractivity contribution in [2.75, 3.05) is 6.61 Å². The SMILES string of the molecule is CCOc1nccc(C(NN)c2cncnc2)c1F. The lowest BCUT2D eigenvalue weighted by Gasteiger charge is -2.17. The van der Waals surface area contributed by atoms with E-state index in [-0.39, 0.29) is 5.88 Å². The molecule has 0 aliphatic heterocycles. The molecule has 0 radical (unpaired) electrons. The minimum absolute atomic E-state index is 0.0444. The Kier molecular flexibility index (Phi) is 4.32. The first-order valence-corrected chi connectivity index (χ1v) is 5.76. The Bertz CT molecular complexity index is 537. The maximum Gasteiger partial charge on any atom is 0.250 e. The number of hydrazine groups is 1. The van der Waals surface area contributed by atoms with Crippen molar-refractivity contribution < 1.29 is 9.13 Å². The van der Waals surface area contributed by atoms with Gasteiger partial charge in [0.05, 0.1) is 12.6 Å². The van der Waals surface area contributed by atoms with Crippen LogP contribution in [0.3, 0.4) is 0 Å². The van der Waals surface area contributed by atoms with Gasteiger partial charge in [-0.3, -0.25) is 5.84 Å². The molecule has 1 atom stereocenters. The molecule has 0 bridgehead atoms. The number of ether oxygens (including phenoxy) is 1. The summed E-state index contributed by atoms with van der Waals surface area (Å²) in [5.74, 6) is 4.91. The van der Waals surface area contributed by atoms with E-state index in [1.807, 2.05) is 0 Å². The summed E-state index contributed by atoms with van der Waals surface area (Å²) in [6.07, 6.45) is 6.00. The standard InChI is InChI=1S/C12H14FN5O/c1-2-19-12-10(13)9(3-4-17-12)11(18-14)8-5-15-7-16-6-8/h3-7,11,18H,2,14H2,1H3. The molecule has 0 spiro atoms. The number of nitrogens with zero attached hydrogens (tertiary/aromatic N) is 3. The average molecular weight is 263 g/mol. The zero-order chi connectivity index (χ0) is 13.7. The Morgan fingerprint density at radius 1 is 1.42 bits per heavy atom. The van der Waals surface area contributed by atoms with E-state index in [1.54, 1.807) is 19.3 Å². The minimum Gasteiger partial charge on any atom is -0.476 e. The van der Waals surface area contributed by atoms with Gasteiger partial charge in [-0.15, -0.1) is 0 Å². The molecule has 0 fully saturated rings. The zero-order valence-corrected chi connectivity index (χ0v) is 10.4. The molecule has 3 N–H and O–H groups in total. The lowest BCUT2D eigenvalue weighted by Crippen LogP contribution is -2.30. The van der Waals surface area contributed by atoms with Crippen molar-refractivity contribution in [1.82, 2.24) is 20.4 Å². The van der Waals surface area contributed by atoms with Gasteiger partial charge in [0.25, 0.3) is 5.88 Å². The summed E-state index contributed by atoms with van der Waals surface area (Å²) >= 11 is 0. The number of nitrogens with one attached hydrogen (secondary N) is 1. The number of nitrogens with two attached hydrogens (primary N) is 1. The van der Waals surface area contributed by atoms with E-state index in [0.717, 1.165) is 0 Å². The van der Waals surface area contributed by atoms with Gasteiger partial charge in [0, 0.05) is 29.7 Å². The molecule has 0 aromatic carbocycles. The first-order chi connectivity index (χ1) is 9.27. The van der Waals surface area contributed by atoms with E-state index in [9.17, 15) is 4.39 Å². The van der Waals surface area contributed by atoms with Gasteiger partial charge in [0.1, 0.15) is 6.33 Å². The van der Waals surface area contributed by atoms with Crippen molar-refractivity contribution in [1.29, 1.82) is 0 Å². The van der Waals surface area contributed by atoms with Crippen LogP contribution in [0.5, 0.6) is 5.88 Å². The molecule has 19 heavy (non-hydrogen) atoms. The molecule has 2 aromatic heterocycles. The van der Waals surface area contributed by atoms with Crippen molar-refractivity contribution in [3.05, 3.63) is 47.9 Å². The van der Waals surface area contributed by atoms with Crippen molar-refractivity contribution in [3.63, 3.8) is 0 Å². The topological polar surface area (TPSA) is 86.0 Å². The highest BCUT2D eigenvalue weighted by Crippen LogP contribution is 2.26. The Labute approximate surface area is 109 Å². The second-order valence-corrected chi connectivity index (χ2v) is 3.72.